The van der Waals surface area contributed by atoms with E-state index in [9.17, 15) is 9.90 Å². The van der Waals surface area contributed by atoms with Crippen LogP contribution in [-0.2, 0) is 19.0 Å². The molecular formula is C10H16O5. The Balaban J connectivity index is 1.93. The molecule has 15 heavy (non-hydrogen) atoms. The normalized spacial score (nSPS) is 39.5. The lowest BCUT2D eigenvalue weighted by atomic mass is 10.1. The van der Waals surface area contributed by atoms with Crippen molar-refractivity contribution in [1.29, 1.82) is 0 Å². The van der Waals surface area contributed by atoms with Gasteiger partial charge in [-0.25, -0.2) is 0 Å². The number of rotatable bonds is 2. The summed E-state index contributed by atoms with van der Waals surface area (Å²) < 4.78 is 15.9. The van der Waals surface area contributed by atoms with E-state index in [0.29, 0.717) is 6.61 Å². The van der Waals surface area contributed by atoms with Gasteiger partial charge in [0.2, 0.25) is 0 Å². The highest BCUT2D eigenvalue weighted by molar-refractivity contribution is 5.71. The standard InChI is InChI=1S/C10H16O5/c1-5(2)10(12)15-7-4-14-8-6(11)3-13-9(7)8/h5-9,11H,3-4H2,1-2H3. The summed E-state index contributed by atoms with van der Waals surface area (Å²) in [5.41, 5.74) is 0. The van der Waals surface area contributed by atoms with Crippen LogP contribution >= 0.6 is 0 Å². The summed E-state index contributed by atoms with van der Waals surface area (Å²) in [6, 6.07) is 0. The van der Waals surface area contributed by atoms with Crippen LogP contribution in [0.15, 0.2) is 0 Å². The van der Waals surface area contributed by atoms with Crippen LogP contribution < -0.4 is 0 Å². The molecule has 0 spiro atoms. The summed E-state index contributed by atoms with van der Waals surface area (Å²) in [6.07, 6.45) is -1.61. The molecule has 2 saturated heterocycles. The van der Waals surface area contributed by atoms with E-state index in [4.69, 9.17) is 14.2 Å². The first-order valence-corrected chi connectivity index (χ1v) is 5.21. The predicted octanol–water partition coefficient (Wildman–Crippen LogP) is -0.287. The first-order chi connectivity index (χ1) is 7.09. The lowest BCUT2D eigenvalue weighted by molar-refractivity contribution is -0.157. The predicted molar refractivity (Wildman–Crippen MR) is 50.2 cm³/mol. The van der Waals surface area contributed by atoms with Crippen molar-refractivity contribution in [2.45, 2.75) is 38.3 Å². The summed E-state index contributed by atoms with van der Waals surface area (Å²) >= 11 is 0. The molecule has 0 aromatic carbocycles. The van der Waals surface area contributed by atoms with Crippen LogP contribution in [0.25, 0.3) is 0 Å². The van der Waals surface area contributed by atoms with Crippen LogP contribution in [0.5, 0.6) is 0 Å². The van der Waals surface area contributed by atoms with Gasteiger partial charge >= 0.3 is 5.97 Å². The summed E-state index contributed by atoms with van der Waals surface area (Å²) in [6.45, 7) is 4.12. The average Bonchev–Trinajstić information content (AvgIpc) is 2.71. The Labute approximate surface area is 88.3 Å². The minimum Gasteiger partial charge on any atom is -0.457 e. The van der Waals surface area contributed by atoms with Crippen LogP contribution in [0.1, 0.15) is 13.8 Å². The molecule has 4 unspecified atom stereocenters. The van der Waals surface area contributed by atoms with Crippen molar-refractivity contribution in [2.24, 2.45) is 5.92 Å². The summed E-state index contributed by atoms with van der Waals surface area (Å²) in [4.78, 5) is 11.4. The fraction of sp³-hybridized carbons (Fsp3) is 0.900. The third-order valence-corrected chi connectivity index (χ3v) is 2.72. The van der Waals surface area contributed by atoms with Gasteiger partial charge in [0.1, 0.15) is 18.3 Å². The maximum absolute atomic E-state index is 11.4. The first-order valence-electron chi connectivity index (χ1n) is 5.21. The van der Waals surface area contributed by atoms with Gasteiger partial charge < -0.3 is 19.3 Å². The lowest BCUT2D eigenvalue weighted by Gasteiger charge is -2.17. The van der Waals surface area contributed by atoms with Gasteiger partial charge in [0.15, 0.2) is 6.10 Å². The van der Waals surface area contributed by atoms with Crippen LogP contribution in [-0.4, -0.2) is 48.7 Å². The molecule has 2 heterocycles. The summed E-state index contributed by atoms with van der Waals surface area (Å²) in [5, 5.41) is 9.47. The Kier molecular flexibility index (Phi) is 2.95. The molecule has 1 N–H and O–H groups in total. The maximum Gasteiger partial charge on any atom is 0.308 e. The topological polar surface area (TPSA) is 65.0 Å². The first kappa shape index (κ1) is 10.9. The van der Waals surface area contributed by atoms with Crippen molar-refractivity contribution in [3.8, 4) is 0 Å². The van der Waals surface area contributed by atoms with Crippen LogP contribution in [0, 0.1) is 5.92 Å². The number of carbonyl (C=O) groups excluding carboxylic acids is 1. The number of carbonyl (C=O) groups is 1. The number of ether oxygens (including phenoxy) is 3. The van der Waals surface area contributed by atoms with E-state index >= 15 is 0 Å². The Morgan fingerprint density at radius 3 is 2.67 bits per heavy atom. The number of aliphatic hydroxyl groups excluding tert-OH is 1. The third kappa shape index (κ3) is 2.00. The number of hydrogen-bond acceptors (Lipinski definition) is 5. The van der Waals surface area contributed by atoms with Crippen molar-refractivity contribution in [3.63, 3.8) is 0 Å². The van der Waals surface area contributed by atoms with Crippen LogP contribution in [0.4, 0.5) is 0 Å². The Morgan fingerprint density at radius 2 is 2.00 bits per heavy atom. The van der Waals surface area contributed by atoms with E-state index in [1.165, 1.54) is 0 Å². The monoisotopic (exact) mass is 216 g/mol. The fourth-order valence-electron chi connectivity index (χ4n) is 1.83. The Bertz CT molecular complexity index is 252. The van der Waals surface area contributed by atoms with E-state index in [-0.39, 0.29) is 36.8 Å². The van der Waals surface area contributed by atoms with Gasteiger partial charge in [-0.3, -0.25) is 4.79 Å². The number of esters is 1. The molecule has 2 aliphatic heterocycles. The van der Waals surface area contributed by atoms with Gasteiger partial charge in [-0.05, 0) is 0 Å². The fourth-order valence-corrected chi connectivity index (χ4v) is 1.83. The zero-order valence-electron chi connectivity index (χ0n) is 8.88. The highest BCUT2D eigenvalue weighted by Gasteiger charge is 2.48. The molecule has 2 fully saturated rings. The molecular weight excluding hydrogens is 200 g/mol. The third-order valence-electron chi connectivity index (χ3n) is 2.72. The van der Waals surface area contributed by atoms with Gasteiger partial charge in [0, 0.05) is 0 Å². The van der Waals surface area contributed by atoms with Gasteiger partial charge in [0.25, 0.3) is 0 Å². The molecule has 0 amide bonds. The minimum absolute atomic E-state index is 0.157. The molecule has 0 saturated carbocycles. The van der Waals surface area contributed by atoms with E-state index in [1.54, 1.807) is 13.8 Å². The molecule has 86 valence electrons. The zero-order valence-corrected chi connectivity index (χ0v) is 8.88. The molecule has 2 aliphatic rings. The van der Waals surface area contributed by atoms with Crippen molar-refractivity contribution in [3.05, 3.63) is 0 Å². The van der Waals surface area contributed by atoms with Gasteiger partial charge in [-0.1, -0.05) is 13.8 Å². The van der Waals surface area contributed by atoms with Crippen molar-refractivity contribution < 1.29 is 24.1 Å². The second-order valence-corrected chi connectivity index (χ2v) is 4.29. The molecule has 5 nitrogen and oxygen atoms in total. The lowest BCUT2D eigenvalue weighted by Crippen LogP contribution is -2.35. The zero-order chi connectivity index (χ0) is 11.0. The van der Waals surface area contributed by atoms with Crippen molar-refractivity contribution >= 4 is 5.97 Å². The van der Waals surface area contributed by atoms with Crippen molar-refractivity contribution in [2.75, 3.05) is 13.2 Å². The van der Waals surface area contributed by atoms with Gasteiger partial charge in [0.05, 0.1) is 19.1 Å². The Morgan fingerprint density at radius 1 is 1.33 bits per heavy atom. The molecule has 4 atom stereocenters. The van der Waals surface area contributed by atoms with Crippen molar-refractivity contribution in [1.82, 2.24) is 0 Å². The van der Waals surface area contributed by atoms with Crippen LogP contribution in [0.2, 0.25) is 0 Å². The van der Waals surface area contributed by atoms with E-state index in [1.807, 2.05) is 0 Å². The smallest absolute Gasteiger partial charge is 0.308 e. The molecule has 0 bridgehead atoms. The number of hydrogen-bond donors (Lipinski definition) is 1. The molecule has 2 rings (SSSR count). The average molecular weight is 216 g/mol. The molecule has 5 heteroatoms. The summed E-state index contributed by atoms with van der Waals surface area (Å²) in [7, 11) is 0. The number of aliphatic hydroxyl groups is 1. The quantitative estimate of drug-likeness (QED) is 0.643. The Hall–Kier alpha value is -0.650. The van der Waals surface area contributed by atoms with Crippen LogP contribution in [0.3, 0.4) is 0 Å². The van der Waals surface area contributed by atoms with E-state index in [2.05, 4.69) is 0 Å². The van der Waals surface area contributed by atoms with E-state index in [0.717, 1.165) is 0 Å². The van der Waals surface area contributed by atoms with Gasteiger partial charge in [-0.2, -0.15) is 0 Å². The molecule has 0 radical (unpaired) electrons. The second kappa shape index (κ2) is 4.08. The minimum atomic E-state index is -0.599. The van der Waals surface area contributed by atoms with E-state index < -0.39 is 6.10 Å². The highest BCUT2D eigenvalue weighted by atomic mass is 16.6. The SMILES string of the molecule is CC(C)C(=O)OC1COC2C(O)COC12. The largest absolute Gasteiger partial charge is 0.457 e. The van der Waals surface area contributed by atoms with Gasteiger partial charge in [-0.15, -0.1) is 0 Å². The maximum atomic E-state index is 11.4. The second-order valence-electron chi connectivity index (χ2n) is 4.29. The highest BCUT2D eigenvalue weighted by Crippen LogP contribution is 2.29. The molecule has 0 aromatic heterocycles. The molecule has 0 aromatic rings. The molecule has 0 aliphatic carbocycles. The summed E-state index contributed by atoms with van der Waals surface area (Å²) in [5.74, 6) is -0.412. The number of fused-ring (bicyclic) bond motifs is 1.